The van der Waals surface area contributed by atoms with Crippen LogP contribution in [0.5, 0.6) is 0 Å². The first kappa shape index (κ1) is 16.6. The Labute approximate surface area is 160 Å². The smallest absolute Gasteiger partial charge is 0.250 e. The van der Waals surface area contributed by atoms with E-state index in [0.717, 1.165) is 30.4 Å². The van der Waals surface area contributed by atoms with E-state index in [9.17, 15) is 9.59 Å². The van der Waals surface area contributed by atoms with Crippen molar-refractivity contribution in [2.75, 3.05) is 0 Å². The van der Waals surface area contributed by atoms with Crippen molar-refractivity contribution >= 4 is 11.2 Å². The molecule has 0 radical (unpaired) electrons. The number of fused-ring (bicyclic) bond motifs is 1. The summed E-state index contributed by atoms with van der Waals surface area (Å²) in [5, 5.41) is 0. The third-order valence-corrected chi connectivity index (χ3v) is 5.31. The van der Waals surface area contributed by atoms with Crippen molar-refractivity contribution in [1.29, 1.82) is 0 Å². The molecule has 0 unspecified atom stereocenters. The Hall–Kier alpha value is -3.54. The number of rotatable bonds is 3. The SMILES string of the molecule is O=c1cc[nH]c2nc(-c3ccccc3)c(-c3ccc(=O)n(C4CCC4)c3)nc12. The van der Waals surface area contributed by atoms with Gasteiger partial charge in [0.2, 0.25) is 5.43 Å². The van der Waals surface area contributed by atoms with Gasteiger partial charge in [0.1, 0.15) is 0 Å². The molecule has 3 heterocycles. The second-order valence-corrected chi connectivity index (χ2v) is 7.07. The van der Waals surface area contributed by atoms with Crippen LogP contribution < -0.4 is 11.0 Å². The van der Waals surface area contributed by atoms with Gasteiger partial charge in [-0.15, -0.1) is 0 Å². The predicted octanol–water partition coefficient (Wildman–Crippen LogP) is 3.54. The maximum atomic E-state index is 12.3. The summed E-state index contributed by atoms with van der Waals surface area (Å²) >= 11 is 0. The van der Waals surface area contributed by atoms with Gasteiger partial charge in [-0.3, -0.25) is 9.59 Å². The van der Waals surface area contributed by atoms with Gasteiger partial charge in [0.15, 0.2) is 11.2 Å². The summed E-state index contributed by atoms with van der Waals surface area (Å²) in [6.45, 7) is 0. The molecule has 0 spiro atoms. The fourth-order valence-electron chi connectivity index (χ4n) is 3.58. The summed E-state index contributed by atoms with van der Waals surface area (Å²) < 4.78 is 1.79. The molecule has 1 N–H and O–H groups in total. The Balaban J connectivity index is 1.79. The molecule has 4 aromatic rings. The molecule has 1 aromatic carbocycles. The van der Waals surface area contributed by atoms with Gasteiger partial charge in [-0.25, -0.2) is 9.97 Å². The molecule has 138 valence electrons. The number of nitrogens with zero attached hydrogens (tertiary/aromatic N) is 3. The third kappa shape index (κ3) is 2.74. The summed E-state index contributed by atoms with van der Waals surface area (Å²) in [5.74, 6) is 0. The van der Waals surface area contributed by atoms with Crippen LogP contribution in [0.1, 0.15) is 25.3 Å². The predicted molar refractivity (Wildman–Crippen MR) is 108 cm³/mol. The van der Waals surface area contributed by atoms with Gasteiger partial charge in [0.25, 0.3) is 5.56 Å². The van der Waals surface area contributed by atoms with E-state index in [1.54, 1.807) is 22.9 Å². The van der Waals surface area contributed by atoms with Crippen molar-refractivity contribution in [3.63, 3.8) is 0 Å². The average molecular weight is 370 g/mol. The van der Waals surface area contributed by atoms with Crippen molar-refractivity contribution in [2.45, 2.75) is 25.3 Å². The van der Waals surface area contributed by atoms with Crippen molar-refractivity contribution < 1.29 is 0 Å². The quantitative estimate of drug-likeness (QED) is 0.598. The van der Waals surface area contributed by atoms with Crippen LogP contribution in [0.25, 0.3) is 33.7 Å². The molecule has 0 saturated heterocycles. The molecule has 0 aliphatic heterocycles. The van der Waals surface area contributed by atoms with E-state index in [2.05, 4.69) is 9.97 Å². The van der Waals surface area contributed by atoms with E-state index in [0.29, 0.717) is 22.6 Å². The van der Waals surface area contributed by atoms with Gasteiger partial charge in [-0.1, -0.05) is 30.3 Å². The number of pyridine rings is 2. The molecular weight excluding hydrogens is 352 g/mol. The number of hydrogen-bond donors (Lipinski definition) is 1. The van der Waals surface area contributed by atoms with E-state index in [4.69, 9.17) is 4.98 Å². The molecule has 1 saturated carbocycles. The maximum Gasteiger partial charge on any atom is 0.250 e. The van der Waals surface area contributed by atoms with E-state index < -0.39 is 0 Å². The molecular formula is C22H18N4O2. The second kappa shape index (κ2) is 6.56. The van der Waals surface area contributed by atoms with Crippen LogP contribution in [0, 0.1) is 0 Å². The largest absolute Gasteiger partial charge is 0.345 e. The molecule has 3 aromatic heterocycles. The van der Waals surface area contributed by atoms with E-state index >= 15 is 0 Å². The van der Waals surface area contributed by atoms with Crippen LogP contribution in [0.15, 0.2) is 70.5 Å². The number of benzene rings is 1. The van der Waals surface area contributed by atoms with Gasteiger partial charge < -0.3 is 9.55 Å². The van der Waals surface area contributed by atoms with Gasteiger partial charge in [-0.05, 0) is 25.3 Å². The highest BCUT2D eigenvalue weighted by Crippen LogP contribution is 2.33. The molecule has 6 heteroatoms. The fourth-order valence-corrected chi connectivity index (χ4v) is 3.58. The lowest BCUT2D eigenvalue weighted by molar-refractivity contribution is 0.306. The standard InChI is InChI=1S/C22H18N4O2/c27-17-11-12-23-22-21(17)24-20(19(25-22)14-5-2-1-3-6-14)15-9-10-18(28)26(13-15)16-7-4-8-16/h1-3,5-6,9-13,16H,4,7-8H2,(H,23,25,27). The summed E-state index contributed by atoms with van der Waals surface area (Å²) in [6.07, 6.45) is 6.59. The average Bonchev–Trinajstić information content (AvgIpc) is 2.68. The monoisotopic (exact) mass is 370 g/mol. The first-order chi connectivity index (χ1) is 13.7. The lowest BCUT2D eigenvalue weighted by atomic mass is 9.92. The third-order valence-electron chi connectivity index (χ3n) is 5.31. The Kier molecular flexibility index (Phi) is 3.90. The summed E-state index contributed by atoms with van der Waals surface area (Å²) in [4.78, 5) is 37.0. The molecule has 0 amide bonds. The number of aromatic amines is 1. The molecule has 28 heavy (non-hydrogen) atoms. The lowest BCUT2D eigenvalue weighted by Gasteiger charge is -2.28. The number of nitrogens with one attached hydrogen (secondary N) is 1. The number of H-pyrrole nitrogens is 1. The minimum absolute atomic E-state index is 0.0127. The first-order valence-corrected chi connectivity index (χ1v) is 9.38. The molecule has 1 fully saturated rings. The molecule has 1 aliphatic rings. The van der Waals surface area contributed by atoms with E-state index in [-0.39, 0.29) is 17.0 Å². The van der Waals surface area contributed by atoms with Crippen LogP contribution in [-0.4, -0.2) is 19.5 Å². The molecule has 5 rings (SSSR count). The zero-order valence-electron chi connectivity index (χ0n) is 15.1. The van der Waals surface area contributed by atoms with Crippen molar-refractivity contribution in [2.24, 2.45) is 0 Å². The topological polar surface area (TPSA) is 80.6 Å². The minimum atomic E-state index is -0.186. The highest BCUT2D eigenvalue weighted by Gasteiger charge is 2.22. The minimum Gasteiger partial charge on any atom is -0.345 e. The highest BCUT2D eigenvalue weighted by atomic mass is 16.1. The van der Waals surface area contributed by atoms with Crippen LogP contribution in [-0.2, 0) is 0 Å². The van der Waals surface area contributed by atoms with E-state index in [1.807, 2.05) is 36.5 Å². The van der Waals surface area contributed by atoms with Gasteiger partial charge in [-0.2, -0.15) is 0 Å². The second-order valence-electron chi connectivity index (χ2n) is 7.07. The first-order valence-electron chi connectivity index (χ1n) is 9.38. The van der Waals surface area contributed by atoms with Crippen LogP contribution in [0.3, 0.4) is 0 Å². The zero-order chi connectivity index (χ0) is 19.1. The van der Waals surface area contributed by atoms with E-state index in [1.165, 1.54) is 6.07 Å². The summed E-state index contributed by atoms with van der Waals surface area (Å²) in [5.41, 5.74) is 3.50. The zero-order valence-corrected chi connectivity index (χ0v) is 15.1. The maximum absolute atomic E-state index is 12.3. The van der Waals surface area contributed by atoms with Crippen molar-refractivity contribution in [3.8, 4) is 22.5 Å². The Morgan fingerprint density at radius 3 is 2.43 bits per heavy atom. The fraction of sp³-hybridized carbons (Fsp3) is 0.182. The normalized spacial score (nSPS) is 14.1. The van der Waals surface area contributed by atoms with Crippen LogP contribution >= 0.6 is 0 Å². The highest BCUT2D eigenvalue weighted by molar-refractivity contribution is 5.84. The van der Waals surface area contributed by atoms with Crippen LogP contribution in [0.2, 0.25) is 0 Å². The lowest BCUT2D eigenvalue weighted by Crippen LogP contribution is -2.28. The Bertz CT molecular complexity index is 1290. The summed E-state index contributed by atoms with van der Waals surface area (Å²) in [6, 6.07) is 14.8. The van der Waals surface area contributed by atoms with Crippen LogP contribution in [0.4, 0.5) is 0 Å². The number of hydrogen-bond acceptors (Lipinski definition) is 4. The van der Waals surface area contributed by atoms with Gasteiger partial charge in [0.05, 0.1) is 11.4 Å². The molecule has 1 aliphatic carbocycles. The Morgan fingerprint density at radius 1 is 0.893 bits per heavy atom. The Morgan fingerprint density at radius 2 is 1.68 bits per heavy atom. The van der Waals surface area contributed by atoms with Gasteiger partial charge in [0, 0.05) is 41.7 Å². The molecule has 0 bridgehead atoms. The number of aromatic nitrogens is 4. The molecule has 0 atom stereocenters. The van der Waals surface area contributed by atoms with Gasteiger partial charge >= 0.3 is 0 Å². The molecule has 6 nitrogen and oxygen atoms in total. The van der Waals surface area contributed by atoms with Crippen molar-refractivity contribution in [1.82, 2.24) is 19.5 Å². The van der Waals surface area contributed by atoms with Crippen molar-refractivity contribution in [3.05, 3.63) is 81.5 Å². The summed E-state index contributed by atoms with van der Waals surface area (Å²) in [7, 11) is 0.